The Morgan fingerprint density at radius 3 is 2.47 bits per heavy atom. The van der Waals surface area contributed by atoms with Crippen molar-refractivity contribution < 1.29 is 13.5 Å². The van der Waals surface area contributed by atoms with Crippen molar-refractivity contribution >= 4 is 22.7 Å². The van der Waals surface area contributed by atoms with Gasteiger partial charge >= 0.3 is 0 Å². The van der Waals surface area contributed by atoms with E-state index >= 15 is 0 Å². The van der Waals surface area contributed by atoms with E-state index in [0.29, 0.717) is 5.13 Å². The van der Waals surface area contributed by atoms with Gasteiger partial charge in [-0.1, -0.05) is 60.7 Å². The first kappa shape index (κ1) is 19.7. The first-order chi connectivity index (χ1) is 14.7. The number of nitrogens with one attached hydrogen (secondary N) is 1. The lowest BCUT2D eigenvalue weighted by molar-refractivity contribution is 0.274. The zero-order valence-electron chi connectivity index (χ0n) is 15.8. The van der Waals surface area contributed by atoms with Gasteiger partial charge in [0, 0.05) is 16.5 Å². The van der Waals surface area contributed by atoms with Gasteiger partial charge in [-0.05, 0) is 17.7 Å². The summed E-state index contributed by atoms with van der Waals surface area (Å²) < 4.78 is 32.9. The minimum Gasteiger partial charge on any atom is -0.483 e. The van der Waals surface area contributed by atoms with Crippen LogP contribution in [-0.4, -0.2) is 11.2 Å². The van der Waals surface area contributed by atoms with Crippen molar-refractivity contribution in [2.45, 2.75) is 6.61 Å². The SMILES string of the molecule is Fc1cccc(F)c1OCc1ccccc1C=NNc1nc(-c2ccccc2)cs1. The Morgan fingerprint density at radius 2 is 1.67 bits per heavy atom. The van der Waals surface area contributed by atoms with Crippen LogP contribution < -0.4 is 10.2 Å². The molecule has 0 aliphatic rings. The fourth-order valence-electron chi connectivity index (χ4n) is 2.79. The van der Waals surface area contributed by atoms with Gasteiger partial charge in [0.2, 0.25) is 5.13 Å². The molecule has 0 saturated carbocycles. The molecule has 0 aliphatic carbocycles. The minimum atomic E-state index is -0.735. The van der Waals surface area contributed by atoms with Gasteiger partial charge in [-0.3, -0.25) is 5.43 Å². The molecule has 4 nitrogen and oxygen atoms in total. The number of para-hydroxylation sites is 1. The number of benzene rings is 3. The van der Waals surface area contributed by atoms with Crippen LogP contribution in [0, 0.1) is 11.6 Å². The average molecular weight is 421 g/mol. The highest BCUT2D eigenvalue weighted by Crippen LogP contribution is 2.25. The van der Waals surface area contributed by atoms with Crippen molar-refractivity contribution in [2.24, 2.45) is 5.10 Å². The number of thiazole rings is 1. The van der Waals surface area contributed by atoms with Crippen LogP contribution in [-0.2, 0) is 6.61 Å². The lowest BCUT2D eigenvalue weighted by Crippen LogP contribution is -2.03. The maximum absolute atomic E-state index is 13.8. The molecule has 150 valence electrons. The molecule has 0 atom stereocenters. The van der Waals surface area contributed by atoms with E-state index in [0.717, 1.165) is 34.5 Å². The average Bonchev–Trinajstić information content (AvgIpc) is 3.24. The summed E-state index contributed by atoms with van der Waals surface area (Å²) in [6.07, 6.45) is 1.62. The van der Waals surface area contributed by atoms with Crippen molar-refractivity contribution in [3.05, 3.63) is 101 Å². The third-order valence-corrected chi connectivity index (χ3v) is 5.03. The monoisotopic (exact) mass is 421 g/mol. The van der Waals surface area contributed by atoms with Crippen molar-refractivity contribution in [1.82, 2.24) is 4.98 Å². The molecule has 0 spiro atoms. The summed E-state index contributed by atoms with van der Waals surface area (Å²) in [6.45, 7) is 0.00938. The highest BCUT2D eigenvalue weighted by Gasteiger charge is 2.10. The topological polar surface area (TPSA) is 46.5 Å². The van der Waals surface area contributed by atoms with Crippen LogP contribution in [0.5, 0.6) is 5.75 Å². The highest BCUT2D eigenvalue weighted by molar-refractivity contribution is 7.14. The number of hydrogen-bond acceptors (Lipinski definition) is 5. The van der Waals surface area contributed by atoms with Crippen LogP contribution in [0.25, 0.3) is 11.3 Å². The highest BCUT2D eigenvalue weighted by atomic mass is 32.1. The van der Waals surface area contributed by atoms with Crippen molar-refractivity contribution in [1.29, 1.82) is 0 Å². The fraction of sp³-hybridized carbons (Fsp3) is 0.0435. The summed E-state index contributed by atoms with van der Waals surface area (Å²) >= 11 is 1.45. The van der Waals surface area contributed by atoms with Gasteiger partial charge in [0.25, 0.3) is 0 Å². The third-order valence-electron chi connectivity index (χ3n) is 4.28. The third kappa shape index (κ3) is 4.69. The van der Waals surface area contributed by atoms with Crippen LogP contribution in [0.2, 0.25) is 0 Å². The summed E-state index contributed by atoms with van der Waals surface area (Å²) in [6, 6.07) is 20.8. The molecule has 4 rings (SSSR count). The van der Waals surface area contributed by atoms with E-state index in [9.17, 15) is 8.78 Å². The minimum absolute atomic E-state index is 0.00938. The number of aromatic nitrogens is 1. The molecular weight excluding hydrogens is 404 g/mol. The maximum Gasteiger partial charge on any atom is 0.203 e. The molecule has 0 aliphatic heterocycles. The first-order valence-electron chi connectivity index (χ1n) is 9.15. The van der Waals surface area contributed by atoms with Crippen molar-refractivity contribution in [3.8, 4) is 17.0 Å². The molecular formula is C23H17F2N3OS. The summed E-state index contributed by atoms with van der Waals surface area (Å²) in [5.41, 5.74) is 6.34. The Balaban J connectivity index is 1.43. The van der Waals surface area contributed by atoms with Crippen LogP contribution in [0.4, 0.5) is 13.9 Å². The number of hydrogen-bond donors (Lipinski definition) is 1. The lowest BCUT2D eigenvalue weighted by Gasteiger charge is -2.10. The molecule has 30 heavy (non-hydrogen) atoms. The van der Waals surface area contributed by atoms with E-state index in [4.69, 9.17) is 4.74 Å². The molecule has 0 bridgehead atoms. The fourth-order valence-corrected chi connectivity index (χ4v) is 3.45. The van der Waals surface area contributed by atoms with Gasteiger partial charge in [0.15, 0.2) is 17.4 Å². The molecule has 0 saturated heterocycles. The van der Waals surface area contributed by atoms with Crippen molar-refractivity contribution in [2.75, 3.05) is 5.43 Å². The number of anilines is 1. The first-order valence-corrected chi connectivity index (χ1v) is 10.0. The zero-order valence-corrected chi connectivity index (χ0v) is 16.6. The largest absolute Gasteiger partial charge is 0.483 e. The second-order valence-corrected chi connectivity index (χ2v) is 7.17. The number of ether oxygens (including phenoxy) is 1. The van der Waals surface area contributed by atoms with E-state index in [2.05, 4.69) is 15.5 Å². The Labute approximate surface area is 176 Å². The Hall–Kier alpha value is -3.58. The van der Waals surface area contributed by atoms with Crippen LogP contribution in [0.3, 0.4) is 0 Å². The molecule has 1 heterocycles. The van der Waals surface area contributed by atoms with E-state index in [1.807, 2.05) is 60.0 Å². The maximum atomic E-state index is 13.8. The molecule has 0 unspecified atom stereocenters. The summed E-state index contributed by atoms with van der Waals surface area (Å²) in [5.74, 6) is -1.86. The second kappa shape index (κ2) is 9.28. The van der Waals surface area contributed by atoms with Crippen LogP contribution >= 0.6 is 11.3 Å². The Kier molecular flexibility index (Phi) is 6.10. The number of hydrazone groups is 1. The van der Waals surface area contributed by atoms with Gasteiger partial charge in [-0.25, -0.2) is 13.8 Å². The number of nitrogens with zero attached hydrogens (tertiary/aromatic N) is 2. The van der Waals surface area contributed by atoms with E-state index in [-0.39, 0.29) is 6.61 Å². The molecule has 1 aromatic heterocycles. The van der Waals surface area contributed by atoms with E-state index in [1.54, 1.807) is 6.21 Å². The van der Waals surface area contributed by atoms with E-state index < -0.39 is 17.4 Å². The molecule has 1 N–H and O–H groups in total. The summed E-state index contributed by atoms with van der Waals surface area (Å²) in [5, 5.41) is 6.85. The Morgan fingerprint density at radius 1 is 0.933 bits per heavy atom. The Bertz CT molecular complexity index is 1140. The zero-order chi connectivity index (χ0) is 20.8. The lowest BCUT2D eigenvalue weighted by atomic mass is 10.1. The molecule has 0 radical (unpaired) electrons. The predicted octanol–water partition coefficient (Wildman–Crippen LogP) is 6.11. The quantitative estimate of drug-likeness (QED) is 0.289. The van der Waals surface area contributed by atoms with Gasteiger partial charge in [0.1, 0.15) is 6.61 Å². The molecule has 0 amide bonds. The van der Waals surface area contributed by atoms with Gasteiger partial charge in [-0.15, -0.1) is 11.3 Å². The van der Waals surface area contributed by atoms with Crippen LogP contribution in [0.15, 0.2) is 83.3 Å². The summed E-state index contributed by atoms with van der Waals surface area (Å²) in [4.78, 5) is 4.52. The second-order valence-electron chi connectivity index (χ2n) is 6.31. The smallest absolute Gasteiger partial charge is 0.203 e. The number of halogens is 2. The van der Waals surface area contributed by atoms with Gasteiger partial charge in [-0.2, -0.15) is 5.10 Å². The van der Waals surface area contributed by atoms with Gasteiger partial charge < -0.3 is 4.74 Å². The molecule has 3 aromatic carbocycles. The van der Waals surface area contributed by atoms with Crippen LogP contribution in [0.1, 0.15) is 11.1 Å². The van der Waals surface area contributed by atoms with Gasteiger partial charge in [0.05, 0.1) is 11.9 Å². The number of rotatable bonds is 7. The molecule has 4 aromatic rings. The van der Waals surface area contributed by atoms with E-state index in [1.165, 1.54) is 17.4 Å². The molecule has 0 fully saturated rings. The normalized spacial score (nSPS) is 11.0. The molecule has 7 heteroatoms. The standard InChI is InChI=1S/C23H17F2N3OS/c24-19-11-6-12-20(25)22(19)29-14-18-10-5-4-9-17(18)13-26-28-23-27-21(15-30-23)16-7-2-1-3-8-16/h1-13,15H,14H2,(H,27,28). The summed E-state index contributed by atoms with van der Waals surface area (Å²) in [7, 11) is 0. The van der Waals surface area contributed by atoms with Crippen molar-refractivity contribution in [3.63, 3.8) is 0 Å². The predicted molar refractivity (Wildman–Crippen MR) is 116 cm³/mol.